The molecule has 0 aliphatic carbocycles. The number of hydrogen-bond donors (Lipinski definition) is 1. The van der Waals surface area contributed by atoms with E-state index in [0.717, 1.165) is 11.1 Å². The van der Waals surface area contributed by atoms with Gasteiger partial charge in [-0.1, -0.05) is 36.4 Å². The van der Waals surface area contributed by atoms with Gasteiger partial charge in [-0.2, -0.15) is 5.21 Å². The molecule has 158 valence electrons. The Labute approximate surface area is 179 Å². The van der Waals surface area contributed by atoms with E-state index in [1.807, 2.05) is 42.5 Å². The minimum absolute atomic E-state index is 0.0458. The first-order chi connectivity index (χ1) is 15.0. The summed E-state index contributed by atoms with van der Waals surface area (Å²) < 4.78 is 37.6. The van der Waals surface area contributed by atoms with Crippen LogP contribution >= 0.6 is 0 Å². The Hall–Kier alpha value is -3.72. The molecule has 3 aromatic carbocycles. The highest BCUT2D eigenvalue weighted by atomic mass is 32.2. The molecule has 1 heterocycles. The SMILES string of the molecule is COc1ccc(-c2ccccc2)cc1CS(=O)(=O)c1cc(-c2nn[nH]n2)ccc1OC. The monoisotopic (exact) mass is 436 g/mol. The average Bonchev–Trinajstić information content (AvgIpc) is 3.34. The van der Waals surface area contributed by atoms with Crippen molar-refractivity contribution in [3.8, 4) is 34.0 Å². The summed E-state index contributed by atoms with van der Waals surface area (Å²) in [5.74, 6) is 0.771. The molecule has 31 heavy (non-hydrogen) atoms. The molecule has 0 radical (unpaired) electrons. The molecule has 4 rings (SSSR count). The van der Waals surface area contributed by atoms with Gasteiger partial charge in [0.05, 0.1) is 20.0 Å². The highest BCUT2D eigenvalue weighted by Gasteiger charge is 2.24. The van der Waals surface area contributed by atoms with Crippen molar-refractivity contribution >= 4 is 9.84 Å². The van der Waals surface area contributed by atoms with Gasteiger partial charge in [0.2, 0.25) is 5.82 Å². The smallest absolute Gasteiger partial charge is 0.204 e. The van der Waals surface area contributed by atoms with Crippen LogP contribution in [-0.2, 0) is 15.6 Å². The number of sulfone groups is 1. The minimum Gasteiger partial charge on any atom is -0.496 e. The Kier molecular flexibility index (Phi) is 5.68. The molecule has 0 fully saturated rings. The Morgan fingerprint density at radius 1 is 0.839 bits per heavy atom. The van der Waals surface area contributed by atoms with Crippen LogP contribution in [0.2, 0.25) is 0 Å². The molecule has 0 saturated heterocycles. The second-order valence-electron chi connectivity index (χ2n) is 6.75. The second-order valence-corrected chi connectivity index (χ2v) is 8.71. The maximum atomic E-state index is 13.4. The lowest BCUT2D eigenvalue weighted by Gasteiger charge is -2.14. The Balaban J connectivity index is 1.76. The lowest BCUT2D eigenvalue weighted by atomic mass is 10.0. The van der Waals surface area contributed by atoms with Crippen molar-refractivity contribution in [3.05, 3.63) is 72.3 Å². The van der Waals surface area contributed by atoms with Gasteiger partial charge in [-0.05, 0) is 46.7 Å². The molecule has 1 aromatic heterocycles. The second kappa shape index (κ2) is 8.57. The van der Waals surface area contributed by atoms with E-state index in [1.165, 1.54) is 20.3 Å². The zero-order valence-corrected chi connectivity index (χ0v) is 17.8. The molecule has 0 saturated carbocycles. The molecule has 1 N–H and O–H groups in total. The summed E-state index contributed by atoms with van der Waals surface area (Å²) >= 11 is 0. The van der Waals surface area contributed by atoms with E-state index in [1.54, 1.807) is 18.2 Å². The molecule has 8 nitrogen and oxygen atoms in total. The van der Waals surface area contributed by atoms with E-state index >= 15 is 0 Å². The molecule has 0 aliphatic heterocycles. The molecule has 0 spiro atoms. The van der Waals surface area contributed by atoms with Crippen LogP contribution in [-0.4, -0.2) is 43.3 Å². The summed E-state index contributed by atoms with van der Waals surface area (Å²) in [6, 6.07) is 20.0. The molecule has 9 heteroatoms. The maximum absolute atomic E-state index is 13.4. The first kappa shape index (κ1) is 20.5. The number of benzene rings is 3. The van der Waals surface area contributed by atoms with E-state index < -0.39 is 9.84 Å². The quantitative estimate of drug-likeness (QED) is 0.472. The van der Waals surface area contributed by atoms with Gasteiger partial charge in [0.15, 0.2) is 9.84 Å². The van der Waals surface area contributed by atoms with Gasteiger partial charge in [0.25, 0.3) is 0 Å². The van der Waals surface area contributed by atoms with Gasteiger partial charge in [-0.25, -0.2) is 8.42 Å². The zero-order chi connectivity index (χ0) is 21.8. The number of hydrogen-bond acceptors (Lipinski definition) is 7. The fraction of sp³-hybridized carbons (Fsp3) is 0.136. The van der Waals surface area contributed by atoms with E-state index in [9.17, 15) is 8.42 Å². The van der Waals surface area contributed by atoms with E-state index in [2.05, 4.69) is 20.6 Å². The zero-order valence-electron chi connectivity index (χ0n) is 16.9. The first-order valence-corrected chi connectivity index (χ1v) is 11.0. The average molecular weight is 436 g/mol. The molecule has 0 unspecified atom stereocenters. The summed E-state index contributed by atoms with van der Waals surface area (Å²) in [7, 11) is -0.844. The van der Waals surface area contributed by atoms with Crippen molar-refractivity contribution in [3.63, 3.8) is 0 Å². The number of H-pyrrole nitrogens is 1. The van der Waals surface area contributed by atoms with Gasteiger partial charge in [-0.15, -0.1) is 10.2 Å². The predicted octanol–water partition coefficient (Wildman–Crippen LogP) is 3.52. The van der Waals surface area contributed by atoms with Crippen LogP contribution in [0, 0.1) is 0 Å². The van der Waals surface area contributed by atoms with Gasteiger partial charge < -0.3 is 9.47 Å². The third-order valence-electron chi connectivity index (χ3n) is 4.84. The van der Waals surface area contributed by atoms with E-state index in [-0.39, 0.29) is 16.4 Å². The van der Waals surface area contributed by atoms with E-state index in [4.69, 9.17) is 9.47 Å². The fourth-order valence-electron chi connectivity index (χ4n) is 3.33. The topological polar surface area (TPSA) is 107 Å². The Bertz CT molecular complexity index is 1290. The first-order valence-electron chi connectivity index (χ1n) is 9.39. The molecule has 0 aliphatic rings. The maximum Gasteiger partial charge on any atom is 0.204 e. The molecular weight excluding hydrogens is 416 g/mol. The molecule has 4 aromatic rings. The Morgan fingerprint density at radius 3 is 2.23 bits per heavy atom. The highest BCUT2D eigenvalue weighted by Crippen LogP contribution is 2.34. The number of aromatic amines is 1. The summed E-state index contributed by atoms with van der Waals surface area (Å²) in [5, 5.41) is 13.7. The van der Waals surface area contributed by atoms with Crippen LogP contribution in [0.25, 0.3) is 22.5 Å². The van der Waals surface area contributed by atoms with Crippen LogP contribution in [0.5, 0.6) is 11.5 Å². The summed E-state index contributed by atoms with van der Waals surface area (Å²) in [6.07, 6.45) is 0. The lowest BCUT2D eigenvalue weighted by molar-refractivity contribution is 0.402. The number of rotatable bonds is 7. The van der Waals surface area contributed by atoms with Crippen LogP contribution in [0.3, 0.4) is 0 Å². The largest absolute Gasteiger partial charge is 0.496 e. The van der Waals surface area contributed by atoms with Crippen LogP contribution in [0.4, 0.5) is 0 Å². The van der Waals surface area contributed by atoms with E-state index in [0.29, 0.717) is 22.7 Å². The van der Waals surface area contributed by atoms with Gasteiger partial charge in [0.1, 0.15) is 16.4 Å². The van der Waals surface area contributed by atoms with Crippen molar-refractivity contribution in [2.24, 2.45) is 0 Å². The lowest BCUT2D eigenvalue weighted by Crippen LogP contribution is -2.08. The third-order valence-corrected chi connectivity index (χ3v) is 6.52. The van der Waals surface area contributed by atoms with Crippen molar-refractivity contribution in [1.29, 1.82) is 0 Å². The van der Waals surface area contributed by atoms with Crippen molar-refractivity contribution < 1.29 is 17.9 Å². The summed E-state index contributed by atoms with van der Waals surface area (Å²) in [5.41, 5.74) is 2.95. The number of ether oxygens (including phenoxy) is 2. The summed E-state index contributed by atoms with van der Waals surface area (Å²) in [6.45, 7) is 0. The van der Waals surface area contributed by atoms with Gasteiger partial charge in [-0.3, -0.25) is 0 Å². The number of nitrogens with zero attached hydrogens (tertiary/aromatic N) is 3. The van der Waals surface area contributed by atoms with Crippen LogP contribution in [0.15, 0.2) is 71.6 Å². The summed E-state index contributed by atoms with van der Waals surface area (Å²) in [4.78, 5) is 0.0458. The third kappa shape index (κ3) is 4.26. The molecule has 0 bridgehead atoms. The fourth-order valence-corrected chi connectivity index (χ4v) is 4.88. The van der Waals surface area contributed by atoms with Crippen LogP contribution < -0.4 is 9.47 Å². The normalized spacial score (nSPS) is 11.3. The molecule has 0 amide bonds. The van der Waals surface area contributed by atoms with Crippen LogP contribution in [0.1, 0.15) is 5.56 Å². The Morgan fingerprint density at radius 2 is 1.55 bits per heavy atom. The number of nitrogens with one attached hydrogen (secondary N) is 1. The molecular formula is C22H20N4O4S. The predicted molar refractivity (Wildman–Crippen MR) is 115 cm³/mol. The number of aromatic nitrogens is 4. The van der Waals surface area contributed by atoms with Gasteiger partial charge >= 0.3 is 0 Å². The van der Waals surface area contributed by atoms with Crippen molar-refractivity contribution in [2.75, 3.05) is 14.2 Å². The standard InChI is InChI=1S/C22H20N4O4S/c1-29-19-10-8-16(15-6-4-3-5-7-15)12-18(19)14-31(27,28)21-13-17(9-11-20(21)30-2)22-23-25-26-24-22/h3-13H,14H2,1-2H3,(H,23,24,25,26). The number of tetrazole rings is 1. The number of methoxy groups -OCH3 is 2. The van der Waals surface area contributed by atoms with Gasteiger partial charge in [0, 0.05) is 11.1 Å². The highest BCUT2D eigenvalue weighted by molar-refractivity contribution is 7.90. The van der Waals surface area contributed by atoms with Crippen molar-refractivity contribution in [2.45, 2.75) is 10.6 Å². The molecule has 0 atom stereocenters. The minimum atomic E-state index is -3.79. The van der Waals surface area contributed by atoms with Crippen molar-refractivity contribution in [1.82, 2.24) is 20.6 Å².